The molecule has 0 radical (unpaired) electrons. The Balaban J connectivity index is 1.40. The summed E-state index contributed by atoms with van der Waals surface area (Å²) in [5.74, 6) is -0.153. The Morgan fingerprint density at radius 2 is 2.00 bits per heavy atom. The highest BCUT2D eigenvalue weighted by Crippen LogP contribution is 2.33. The van der Waals surface area contributed by atoms with Gasteiger partial charge >= 0.3 is 0 Å². The van der Waals surface area contributed by atoms with Gasteiger partial charge in [0.05, 0.1) is 36.3 Å². The first-order chi connectivity index (χ1) is 15.7. The van der Waals surface area contributed by atoms with Gasteiger partial charge in [-0.3, -0.25) is 9.88 Å². The minimum atomic E-state index is -0.936. The summed E-state index contributed by atoms with van der Waals surface area (Å²) in [5.41, 5.74) is 6.14. The van der Waals surface area contributed by atoms with Crippen molar-refractivity contribution in [3.05, 3.63) is 66.8 Å². The Morgan fingerprint density at radius 1 is 1.12 bits per heavy atom. The fourth-order valence-electron chi connectivity index (χ4n) is 4.52. The van der Waals surface area contributed by atoms with Gasteiger partial charge < -0.3 is 9.30 Å². The fourth-order valence-corrected chi connectivity index (χ4v) is 4.52. The molecule has 0 spiro atoms. The van der Waals surface area contributed by atoms with Crippen LogP contribution in [0.5, 0.6) is 0 Å². The van der Waals surface area contributed by atoms with E-state index in [4.69, 9.17) is 4.74 Å². The van der Waals surface area contributed by atoms with Crippen molar-refractivity contribution in [3.8, 4) is 11.1 Å². The van der Waals surface area contributed by atoms with Crippen LogP contribution in [-0.4, -0.2) is 58.5 Å². The summed E-state index contributed by atoms with van der Waals surface area (Å²) >= 11 is 0. The van der Waals surface area contributed by atoms with Gasteiger partial charge in [-0.1, -0.05) is 31.2 Å². The van der Waals surface area contributed by atoms with Crippen LogP contribution in [-0.2, 0) is 11.3 Å². The van der Waals surface area contributed by atoms with Gasteiger partial charge in [-0.05, 0) is 41.8 Å². The topological polar surface area (TPSA) is 43.2 Å². The number of allylic oxidation sites excluding steroid dienone is 4. The zero-order chi connectivity index (χ0) is 21.9. The molecule has 1 fully saturated rings. The number of aryl methyl sites for hydroxylation is 1. The second kappa shape index (κ2) is 9.35. The highest BCUT2D eigenvalue weighted by atomic mass is 19.1. The first kappa shape index (κ1) is 21.0. The average Bonchev–Trinajstić information content (AvgIpc) is 3.24. The molecule has 3 aromatic rings. The van der Waals surface area contributed by atoms with Crippen molar-refractivity contribution in [1.29, 1.82) is 0 Å². The smallest absolute Gasteiger partial charge is 0.125 e. The van der Waals surface area contributed by atoms with E-state index >= 15 is 0 Å². The predicted octanol–water partition coefficient (Wildman–Crippen LogP) is 4.75. The number of aromatic nitrogens is 3. The summed E-state index contributed by atoms with van der Waals surface area (Å²) in [6, 6.07) is 10.4. The average molecular weight is 433 g/mol. The number of hydrogen-bond donors (Lipinski definition) is 0. The molecule has 5 nitrogen and oxygen atoms in total. The van der Waals surface area contributed by atoms with E-state index in [-0.39, 0.29) is 5.92 Å². The van der Waals surface area contributed by atoms with Gasteiger partial charge in [-0.2, -0.15) is 0 Å². The number of halogens is 1. The molecule has 0 saturated carbocycles. The monoisotopic (exact) mass is 432 g/mol. The van der Waals surface area contributed by atoms with Crippen LogP contribution in [0.25, 0.3) is 27.7 Å². The van der Waals surface area contributed by atoms with Crippen LogP contribution < -0.4 is 0 Å². The van der Waals surface area contributed by atoms with E-state index in [0.717, 1.165) is 79.2 Å². The van der Waals surface area contributed by atoms with Crippen molar-refractivity contribution in [2.24, 2.45) is 5.92 Å². The van der Waals surface area contributed by atoms with Crippen molar-refractivity contribution < 1.29 is 9.13 Å². The van der Waals surface area contributed by atoms with Crippen molar-refractivity contribution in [2.45, 2.75) is 26.1 Å². The molecule has 1 aliphatic heterocycles. The Bertz CT molecular complexity index is 1150. The third-order valence-electron chi connectivity index (χ3n) is 6.39. The first-order valence-electron chi connectivity index (χ1n) is 11.4. The Morgan fingerprint density at radius 3 is 2.84 bits per heavy atom. The molecule has 0 bridgehead atoms. The maximum Gasteiger partial charge on any atom is 0.125 e. The highest BCUT2D eigenvalue weighted by molar-refractivity contribution is 5.88. The molecule has 6 heteroatoms. The van der Waals surface area contributed by atoms with Crippen molar-refractivity contribution in [2.75, 3.05) is 32.8 Å². The number of ether oxygens (including phenoxy) is 1. The molecule has 5 rings (SSSR count). The number of hydrogen-bond acceptors (Lipinski definition) is 4. The van der Waals surface area contributed by atoms with E-state index in [9.17, 15) is 4.39 Å². The number of morpholine rings is 1. The number of alkyl halides is 1. The van der Waals surface area contributed by atoms with Gasteiger partial charge in [-0.25, -0.2) is 9.37 Å². The molecule has 2 atom stereocenters. The van der Waals surface area contributed by atoms with E-state index in [1.54, 1.807) is 12.3 Å². The molecular formula is C26H29FN4O. The summed E-state index contributed by atoms with van der Waals surface area (Å²) in [5, 5.41) is 0. The SMILES string of the molecule is CC1C=C(c2ncccc2-c2ccc3ncn(CCCN4CCOCC4)c3c2)C=C[C@@H]1F. The van der Waals surface area contributed by atoms with Gasteiger partial charge in [0, 0.05) is 43.9 Å². The maximum absolute atomic E-state index is 13.9. The lowest BCUT2D eigenvalue weighted by Crippen LogP contribution is -2.37. The van der Waals surface area contributed by atoms with Crippen molar-refractivity contribution in [1.82, 2.24) is 19.4 Å². The Hall–Kier alpha value is -2.83. The molecule has 1 saturated heterocycles. The minimum Gasteiger partial charge on any atom is -0.379 e. The van der Waals surface area contributed by atoms with Crippen LogP contribution in [0.15, 0.2) is 61.1 Å². The van der Waals surface area contributed by atoms with E-state index in [2.05, 4.69) is 43.7 Å². The minimum absolute atomic E-state index is 0.153. The third-order valence-corrected chi connectivity index (χ3v) is 6.39. The van der Waals surface area contributed by atoms with Crippen molar-refractivity contribution in [3.63, 3.8) is 0 Å². The summed E-state index contributed by atoms with van der Waals surface area (Å²) in [6.07, 6.45) is 9.34. The number of nitrogens with zero attached hydrogens (tertiary/aromatic N) is 4. The number of fused-ring (bicyclic) bond motifs is 1. The van der Waals surface area contributed by atoms with Gasteiger partial charge in [-0.15, -0.1) is 0 Å². The van der Waals surface area contributed by atoms with Crippen LogP contribution in [0, 0.1) is 5.92 Å². The van der Waals surface area contributed by atoms with Gasteiger partial charge in [0.2, 0.25) is 0 Å². The summed E-state index contributed by atoms with van der Waals surface area (Å²) < 4.78 is 21.6. The predicted molar refractivity (Wildman–Crippen MR) is 126 cm³/mol. The van der Waals surface area contributed by atoms with E-state index in [0.29, 0.717) is 0 Å². The second-order valence-corrected chi connectivity index (χ2v) is 8.63. The molecule has 1 unspecified atom stereocenters. The first-order valence-corrected chi connectivity index (χ1v) is 11.4. The standard InChI is InChI=1S/C26H29FN4O/c1-19-16-21(5-7-23(19)27)26-22(4-2-9-28-26)20-6-8-24-25(17-20)31(18-29-24)11-3-10-30-12-14-32-15-13-30/h2,4-9,16-19,23H,3,10-15H2,1H3/t19?,23-/m0/s1. The molecule has 2 aliphatic rings. The molecular weight excluding hydrogens is 403 g/mol. The lowest BCUT2D eigenvalue weighted by atomic mass is 9.91. The molecule has 1 aliphatic carbocycles. The van der Waals surface area contributed by atoms with Crippen molar-refractivity contribution >= 4 is 16.6 Å². The Labute approximate surface area is 188 Å². The Kier molecular flexibility index (Phi) is 6.14. The summed E-state index contributed by atoms with van der Waals surface area (Å²) in [4.78, 5) is 11.7. The number of benzene rings is 1. The molecule has 1 aromatic carbocycles. The van der Waals surface area contributed by atoms with Gasteiger partial charge in [0.1, 0.15) is 6.17 Å². The second-order valence-electron chi connectivity index (χ2n) is 8.63. The summed E-state index contributed by atoms with van der Waals surface area (Å²) in [7, 11) is 0. The van der Waals surface area contributed by atoms with Gasteiger partial charge in [0.15, 0.2) is 0 Å². The lowest BCUT2D eigenvalue weighted by Gasteiger charge is -2.26. The molecule has 3 heterocycles. The largest absolute Gasteiger partial charge is 0.379 e. The number of imidazole rings is 1. The van der Waals surface area contributed by atoms with Crippen LogP contribution >= 0.6 is 0 Å². The zero-order valence-electron chi connectivity index (χ0n) is 18.5. The van der Waals surface area contributed by atoms with Crippen LogP contribution in [0.4, 0.5) is 4.39 Å². The molecule has 0 amide bonds. The van der Waals surface area contributed by atoms with Crippen LogP contribution in [0.2, 0.25) is 0 Å². The molecule has 166 valence electrons. The third kappa shape index (κ3) is 4.38. The molecule has 2 aromatic heterocycles. The molecule has 0 N–H and O–H groups in total. The maximum atomic E-state index is 13.9. The fraction of sp³-hybridized carbons (Fsp3) is 0.385. The van der Waals surface area contributed by atoms with Gasteiger partial charge in [0.25, 0.3) is 0 Å². The lowest BCUT2D eigenvalue weighted by molar-refractivity contribution is 0.0369. The zero-order valence-corrected chi connectivity index (χ0v) is 18.5. The number of rotatable bonds is 6. The highest BCUT2D eigenvalue weighted by Gasteiger charge is 2.19. The number of pyridine rings is 1. The van der Waals surface area contributed by atoms with Crippen LogP contribution in [0.3, 0.4) is 0 Å². The van der Waals surface area contributed by atoms with E-state index < -0.39 is 6.17 Å². The quantitative estimate of drug-likeness (QED) is 0.564. The normalized spacial score (nSPS) is 21.8. The van der Waals surface area contributed by atoms with Crippen LogP contribution in [0.1, 0.15) is 19.0 Å². The van der Waals surface area contributed by atoms with E-state index in [1.807, 2.05) is 31.5 Å². The molecule has 32 heavy (non-hydrogen) atoms. The summed E-state index contributed by atoms with van der Waals surface area (Å²) in [6.45, 7) is 7.61. The van der Waals surface area contributed by atoms with E-state index in [1.165, 1.54) is 0 Å².